The quantitative estimate of drug-likeness (QED) is 0.320. The first-order valence-corrected chi connectivity index (χ1v) is 13.3. The molecule has 1 saturated heterocycles. The van der Waals surface area contributed by atoms with Crippen molar-refractivity contribution in [3.05, 3.63) is 65.4 Å². The molecule has 0 saturated carbocycles. The maximum Gasteiger partial charge on any atom is 0.410 e. The maximum atomic E-state index is 14.5. The molecule has 3 aromatic heterocycles. The molecule has 1 amide bonds. The van der Waals surface area contributed by atoms with Crippen molar-refractivity contribution < 1.29 is 18.7 Å². The summed E-state index contributed by atoms with van der Waals surface area (Å²) in [5.41, 5.74) is 2.90. The lowest BCUT2D eigenvalue weighted by molar-refractivity contribution is 0.0183. The molecule has 1 fully saturated rings. The minimum Gasteiger partial charge on any atom is -0.471 e. The highest BCUT2D eigenvalue weighted by atomic mass is 19.1. The smallest absolute Gasteiger partial charge is 0.410 e. The molecule has 4 heterocycles. The molecule has 40 heavy (non-hydrogen) atoms. The van der Waals surface area contributed by atoms with E-state index in [0.717, 1.165) is 18.5 Å². The highest BCUT2D eigenvalue weighted by molar-refractivity contribution is 5.69. The second-order valence-corrected chi connectivity index (χ2v) is 11.0. The van der Waals surface area contributed by atoms with Crippen LogP contribution < -0.4 is 4.74 Å². The van der Waals surface area contributed by atoms with Gasteiger partial charge in [0.15, 0.2) is 0 Å². The van der Waals surface area contributed by atoms with Crippen LogP contribution in [0.3, 0.4) is 0 Å². The van der Waals surface area contributed by atoms with Crippen LogP contribution in [0.15, 0.2) is 42.6 Å². The summed E-state index contributed by atoms with van der Waals surface area (Å²) in [5, 5.41) is 18.6. The van der Waals surface area contributed by atoms with Gasteiger partial charge in [-0.05, 0) is 59.6 Å². The third-order valence-corrected chi connectivity index (χ3v) is 6.99. The molecule has 1 aliphatic heterocycles. The van der Waals surface area contributed by atoms with Gasteiger partial charge in [0.25, 0.3) is 0 Å². The molecule has 1 atom stereocenters. The number of hydrogen-bond donors (Lipinski definition) is 0. The van der Waals surface area contributed by atoms with E-state index in [2.05, 4.69) is 21.4 Å². The van der Waals surface area contributed by atoms with Gasteiger partial charge >= 0.3 is 6.09 Å². The molecular formula is C29H32FN7O3. The van der Waals surface area contributed by atoms with Gasteiger partial charge in [-0.3, -0.25) is 4.40 Å². The number of nitrogens with zero attached hydrogens (tertiary/aromatic N) is 7. The van der Waals surface area contributed by atoms with Crippen LogP contribution in [0.4, 0.5) is 9.18 Å². The van der Waals surface area contributed by atoms with Crippen LogP contribution in [-0.2, 0) is 4.74 Å². The van der Waals surface area contributed by atoms with Gasteiger partial charge in [-0.2, -0.15) is 5.26 Å². The van der Waals surface area contributed by atoms with Crippen molar-refractivity contribution in [1.82, 2.24) is 29.3 Å². The molecule has 10 nitrogen and oxygen atoms in total. The number of hydrogen-bond acceptors (Lipinski definition) is 7. The van der Waals surface area contributed by atoms with Crippen LogP contribution in [0.25, 0.3) is 16.9 Å². The average molecular weight is 546 g/mol. The van der Waals surface area contributed by atoms with E-state index in [1.807, 2.05) is 38.4 Å². The molecule has 4 aromatic rings. The number of aromatic nitrogens is 5. The Balaban J connectivity index is 1.42. The summed E-state index contributed by atoms with van der Waals surface area (Å²) in [4.78, 5) is 18.6. The monoisotopic (exact) mass is 545 g/mol. The predicted octanol–water partition coefficient (Wildman–Crippen LogP) is 5.62. The Kier molecular flexibility index (Phi) is 7.19. The van der Waals surface area contributed by atoms with Crippen LogP contribution >= 0.6 is 0 Å². The van der Waals surface area contributed by atoms with Crippen LogP contribution in [0.5, 0.6) is 5.88 Å². The van der Waals surface area contributed by atoms with Gasteiger partial charge in [0.1, 0.15) is 40.6 Å². The minimum absolute atomic E-state index is 0.0806. The van der Waals surface area contributed by atoms with Gasteiger partial charge in [0, 0.05) is 30.3 Å². The molecular weight excluding hydrogens is 513 g/mol. The molecule has 208 valence electrons. The van der Waals surface area contributed by atoms with Gasteiger partial charge in [-0.15, -0.1) is 5.10 Å². The van der Waals surface area contributed by atoms with Gasteiger partial charge in [-0.25, -0.2) is 18.9 Å². The first-order valence-electron chi connectivity index (χ1n) is 13.3. The highest BCUT2D eigenvalue weighted by Gasteiger charge is 2.29. The lowest BCUT2D eigenvalue weighted by atomic mass is 10.0. The average Bonchev–Trinajstić information content (AvgIpc) is 3.51. The molecule has 0 unspecified atom stereocenters. The van der Waals surface area contributed by atoms with Crippen LogP contribution in [0.1, 0.15) is 69.6 Å². The Bertz CT molecular complexity index is 1590. The molecule has 0 bridgehead atoms. The number of pyridine rings is 1. The van der Waals surface area contributed by atoms with Crippen molar-refractivity contribution in [3.8, 4) is 23.2 Å². The zero-order chi connectivity index (χ0) is 28.6. The number of carbonyl (C=O) groups is 1. The zero-order valence-corrected chi connectivity index (χ0v) is 23.3. The maximum absolute atomic E-state index is 14.5. The van der Waals surface area contributed by atoms with E-state index in [-0.39, 0.29) is 18.0 Å². The molecule has 1 aromatic carbocycles. The molecule has 11 heteroatoms. The number of amides is 1. The Morgan fingerprint density at radius 2 is 1.93 bits per heavy atom. The van der Waals surface area contributed by atoms with Crippen LogP contribution in [0, 0.1) is 24.1 Å². The zero-order valence-electron chi connectivity index (χ0n) is 23.3. The van der Waals surface area contributed by atoms with Gasteiger partial charge in [0.2, 0.25) is 5.88 Å². The fraction of sp³-hybridized carbons (Fsp3) is 0.414. The molecule has 1 aliphatic rings. The van der Waals surface area contributed by atoms with E-state index in [9.17, 15) is 14.4 Å². The topological polar surface area (TPSA) is 111 Å². The first-order chi connectivity index (χ1) is 19.1. The summed E-state index contributed by atoms with van der Waals surface area (Å²) in [5.74, 6) is -0.0260. The highest BCUT2D eigenvalue weighted by Crippen LogP contribution is 2.33. The molecule has 0 radical (unpaired) electrons. The van der Waals surface area contributed by atoms with Crippen molar-refractivity contribution >= 4 is 11.7 Å². The number of nitriles is 1. The molecule has 0 N–H and O–H groups in total. The minimum atomic E-state index is -0.625. The standard InChI is InChI=1S/C29H32FN7O3/c1-18-27(33-34-37(18)21-10-12-35(13-11-21)28(38)40-29(3,4)5)20-14-25-32-17-22(16-31)36(25)26(15-20)39-19(2)23-8-6-7-9-24(23)30/h6-9,14-15,17,19,21H,10-13H2,1-5H3/t19-/m1/s1. The lowest BCUT2D eigenvalue weighted by Gasteiger charge is -2.33. The second kappa shape index (κ2) is 10.6. The van der Waals surface area contributed by atoms with E-state index >= 15 is 0 Å². The summed E-state index contributed by atoms with van der Waals surface area (Å²) in [6, 6.07) is 12.3. The first kappa shape index (κ1) is 27.1. The Hall–Kier alpha value is -4.46. The number of rotatable bonds is 5. The van der Waals surface area contributed by atoms with E-state index in [0.29, 0.717) is 47.1 Å². The van der Waals surface area contributed by atoms with E-state index in [1.54, 1.807) is 40.5 Å². The fourth-order valence-corrected chi connectivity index (χ4v) is 5.00. The van der Waals surface area contributed by atoms with Crippen molar-refractivity contribution in [3.63, 3.8) is 0 Å². The molecule has 5 rings (SSSR count). The Morgan fingerprint density at radius 3 is 2.60 bits per heavy atom. The molecule has 0 aliphatic carbocycles. The second-order valence-electron chi connectivity index (χ2n) is 11.0. The van der Waals surface area contributed by atoms with Gasteiger partial charge in [0.05, 0.1) is 17.9 Å². The predicted molar refractivity (Wildman–Crippen MR) is 145 cm³/mol. The van der Waals surface area contributed by atoms with Crippen molar-refractivity contribution in [2.24, 2.45) is 0 Å². The summed E-state index contributed by atoms with van der Waals surface area (Å²) in [6.07, 6.45) is 2.00. The van der Waals surface area contributed by atoms with Crippen LogP contribution in [0.2, 0.25) is 0 Å². The molecule has 0 spiro atoms. The summed E-state index contributed by atoms with van der Waals surface area (Å²) < 4.78 is 29.7. The number of benzene rings is 1. The van der Waals surface area contributed by atoms with Crippen molar-refractivity contribution in [2.75, 3.05) is 13.1 Å². The summed E-state index contributed by atoms with van der Waals surface area (Å²) in [7, 11) is 0. The number of likely N-dealkylation sites (tertiary alicyclic amines) is 1. The number of halogens is 1. The SMILES string of the molecule is Cc1c(-c2cc(O[C@H](C)c3ccccc3F)n3c(C#N)cnc3c2)nnn1C1CCN(C(=O)OC(C)(C)C)CC1. The third-order valence-electron chi connectivity index (χ3n) is 6.99. The van der Waals surface area contributed by atoms with E-state index in [1.165, 1.54) is 12.3 Å². The van der Waals surface area contributed by atoms with Crippen molar-refractivity contribution in [2.45, 2.75) is 65.2 Å². The number of carbonyl (C=O) groups excluding carboxylic acids is 1. The Morgan fingerprint density at radius 1 is 1.20 bits per heavy atom. The Labute approximate surface area is 231 Å². The summed E-state index contributed by atoms with van der Waals surface area (Å²) >= 11 is 0. The largest absolute Gasteiger partial charge is 0.471 e. The lowest BCUT2D eigenvalue weighted by Crippen LogP contribution is -2.42. The van der Waals surface area contributed by atoms with Crippen LogP contribution in [-0.4, -0.2) is 54.1 Å². The van der Waals surface area contributed by atoms with Crippen molar-refractivity contribution in [1.29, 1.82) is 5.26 Å². The number of ether oxygens (including phenoxy) is 2. The van der Waals surface area contributed by atoms with Gasteiger partial charge < -0.3 is 14.4 Å². The number of piperidine rings is 1. The fourth-order valence-electron chi connectivity index (χ4n) is 5.00. The third kappa shape index (κ3) is 5.34. The van der Waals surface area contributed by atoms with E-state index < -0.39 is 11.7 Å². The van der Waals surface area contributed by atoms with E-state index in [4.69, 9.17) is 9.47 Å². The number of fused-ring (bicyclic) bond motifs is 1. The normalized spacial score (nSPS) is 15.2. The van der Waals surface area contributed by atoms with Gasteiger partial charge in [-0.1, -0.05) is 23.4 Å². The number of imidazole rings is 1. The summed E-state index contributed by atoms with van der Waals surface area (Å²) in [6.45, 7) is 10.4.